The number of H-pyrrole nitrogens is 1. The Morgan fingerprint density at radius 2 is 2.16 bits per heavy atom. The molecule has 0 bridgehead atoms. The van der Waals surface area contributed by atoms with Gasteiger partial charge in [0.15, 0.2) is 0 Å². The molecule has 5 heteroatoms. The Morgan fingerprint density at radius 3 is 2.95 bits per heavy atom. The number of hydrogen-bond acceptors (Lipinski definition) is 2. The number of fused-ring (bicyclic) bond motifs is 1. The molecule has 1 heterocycles. The van der Waals surface area contributed by atoms with E-state index in [4.69, 9.17) is 4.74 Å². The Kier molecular flexibility index (Phi) is 4.80. The van der Waals surface area contributed by atoms with E-state index in [0.29, 0.717) is 19.7 Å². The molecule has 2 amide bonds. The van der Waals surface area contributed by atoms with E-state index < -0.39 is 0 Å². The number of nitrogens with one attached hydrogen (secondary N) is 3. The van der Waals surface area contributed by atoms with E-state index >= 15 is 0 Å². The number of hydrogen-bond donors (Lipinski definition) is 3. The van der Waals surface area contributed by atoms with Gasteiger partial charge in [-0.2, -0.15) is 0 Å². The van der Waals surface area contributed by atoms with Crippen LogP contribution in [0.2, 0.25) is 0 Å². The van der Waals surface area contributed by atoms with Crippen LogP contribution in [0, 0.1) is 0 Å². The third-order valence-electron chi connectivity index (χ3n) is 2.84. The second-order valence-electron chi connectivity index (χ2n) is 4.34. The molecule has 102 valence electrons. The van der Waals surface area contributed by atoms with Gasteiger partial charge in [-0.25, -0.2) is 4.79 Å². The zero-order valence-electron chi connectivity index (χ0n) is 11.0. The Labute approximate surface area is 112 Å². The molecule has 0 spiro atoms. The molecule has 0 aliphatic carbocycles. The first-order valence-electron chi connectivity index (χ1n) is 6.37. The van der Waals surface area contributed by atoms with E-state index in [1.165, 1.54) is 0 Å². The zero-order valence-corrected chi connectivity index (χ0v) is 11.0. The second-order valence-corrected chi connectivity index (χ2v) is 4.34. The maximum absolute atomic E-state index is 11.5. The summed E-state index contributed by atoms with van der Waals surface area (Å²) in [4.78, 5) is 14.8. The molecule has 0 saturated heterocycles. The number of rotatable bonds is 6. The molecule has 2 aromatic rings. The highest BCUT2D eigenvalue weighted by Crippen LogP contribution is 2.14. The lowest BCUT2D eigenvalue weighted by atomic mass is 10.2. The number of methoxy groups -OCH3 is 1. The van der Waals surface area contributed by atoms with E-state index in [2.05, 4.69) is 15.6 Å². The van der Waals surface area contributed by atoms with Crippen molar-refractivity contribution in [2.75, 3.05) is 20.3 Å². The molecule has 1 aromatic carbocycles. The largest absolute Gasteiger partial charge is 0.385 e. The van der Waals surface area contributed by atoms with Crippen molar-refractivity contribution in [3.8, 4) is 0 Å². The second kappa shape index (κ2) is 6.80. The van der Waals surface area contributed by atoms with E-state index in [1.54, 1.807) is 7.11 Å². The predicted octanol–water partition coefficient (Wildman–Crippen LogP) is 2.00. The maximum atomic E-state index is 11.5. The highest BCUT2D eigenvalue weighted by atomic mass is 16.5. The van der Waals surface area contributed by atoms with Gasteiger partial charge in [0.05, 0.1) is 6.54 Å². The minimum atomic E-state index is -0.158. The first kappa shape index (κ1) is 13.4. The lowest BCUT2D eigenvalue weighted by Crippen LogP contribution is -2.35. The summed E-state index contributed by atoms with van der Waals surface area (Å²) < 4.78 is 4.91. The standard InChI is InChI=1S/C14H19N3O2/c1-19-8-4-7-15-14(18)16-10-12-9-11-5-2-3-6-13(11)17-12/h2-3,5-6,9,17H,4,7-8,10H2,1H3,(H2,15,16,18). The molecule has 0 fully saturated rings. The minimum absolute atomic E-state index is 0.158. The van der Waals surface area contributed by atoms with Gasteiger partial charge in [-0.3, -0.25) is 0 Å². The van der Waals surface area contributed by atoms with E-state index in [-0.39, 0.29) is 6.03 Å². The average molecular weight is 261 g/mol. The number of aromatic nitrogens is 1. The van der Waals surface area contributed by atoms with Crippen LogP contribution in [0.25, 0.3) is 10.9 Å². The van der Waals surface area contributed by atoms with Gasteiger partial charge in [0.2, 0.25) is 0 Å². The number of urea groups is 1. The number of benzene rings is 1. The molecule has 0 unspecified atom stereocenters. The molecular weight excluding hydrogens is 242 g/mol. The summed E-state index contributed by atoms with van der Waals surface area (Å²) in [5, 5.41) is 6.74. The van der Waals surface area contributed by atoms with Crippen molar-refractivity contribution in [3.63, 3.8) is 0 Å². The lowest BCUT2D eigenvalue weighted by Gasteiger charge is -2.06. The maximum Gasteiger partial charge on any atom is 0.315 e. The zero-order chi connectivity index (χ0) is 13.5. The van der Waals surface area contributed by atoms with Gasteiger partial charge >= 0.3 is 6.03 Å². The monoisotopic (exact) mass is 261 g/mol. The molecule has 19 heavy (non-hydrogen) atoms. The van der Waals surface area contributed by atoms with Gasteiger partial charge < -0.3 is 20.4 Å². The first-order valence-corrected chi connectivity index (χ1v) is 6.37. The quantitative estimate of drug-likeness (QED) is 0.696. The van der Waals surface area contributed by atoms with Gasteiger partial charge in [0.25, 0.3) is 0 Å². The van der Waals surface area contributed by atoms with Crippen LogP contribution in [0.3, 0.4) is 0 Å². The Balaban J connectivity index is 1.77. The normalized spacial score (nSPS) is 10.6. The van der Waals surface area contributed by atoms with Gasteiger partial charge in [-0.15, -0.1) is 0 Å². The molecule has 1 aromatic heterocycles. The van der Waals surface area contributed by atoms with E-state index in [9.17, 15) is 4.79 Å². The molecule has 0 aliphatic rings. The summed E-state index contributed by atoms with van der Waals surface area (Å²) in [5.74, 6) is 0. The van der Waals surface area contributed by atoms with Crippen LogP contribution in [-0.2, 0) is 11.3 Å². The van der Waals surface area contributed by atoms with Crippen molar-refractivity contribution in [2.45, 2.75) is 13.0 Å². The van der Waals surface area contributed by atoms with Crippen molar-refractivity contribution >= 4 is 16.9 Å². The van der Waals surface area contributed by atoms with Crippen LogP contribution in [0.5, 0.6) is 0 Å². The van der Waals surface area contributed by atoms with Crippen molar-refractivity contribution in [1.82, 2.24) is 15.6 Å². The van der Waals surface area contributed by atoms with Crippen molar-refractivity contribution < 1.29 is 9.53 Å². The van der Waals surface area contributed by atoms with Gasteiger partial charge in [0, 0.05) is 31.5 Å². The molecule has 5 nitrogen and oxygen atoms in total. The third kappa shape index (κ3) is 3.99. The van der Waals surface area contributed by atoms with Crippen molar-refractivity contribution in [3.05, 3.63) is 36.0 Å². The topological polar surface area (TPSA) is 66.2 Å². The molecule has 0 atom stereocenters. The molecule has 0 saturated carbocycles. The van der Waals surface area contributed by atoms with E-state index in [1.807, 2.05) is 30.3 Å². The van der Waals surface area contributed by atoms with Crippen LogP contribution in [0.4, 0.5) is 4.79 Å². The molecular formula is C14H19N3O2. The summed E-state index contributed by atoms with van der Waals surface area (Å²) in [7, 11) is 1.65. The van der Waals surface area contributed by atoms with Crippen LogP contribution < -0.4 is 10.6 Å². The highest BCUT2D eigenvalue weighted by molar-refractivity contribution is 5.80. The van der Waals surface area contributed by atoms with Crippen LogP contribution in [0.15, 0.2) is 30.3 Å². The van der Waals surface area contributed by atoms with Crippen LogP contribution >= 0.6 is 0 Å². The number of para-hydroxylation sites is 1. The number of aromatic amines is 1. The average Bonchev–Trinajstić information content (AvgIpc) is 2.84. The first-order chi connectivity index (χ1) is 9.29. The molecule has 0 aliphatic heterocycles. The fraction of sp³-hybridized carbons (Fsp3) is 0.357. The summed E-state index contributed by atoms with van der Waals surface area (Å²) in [6.45, 7) is 1.76. The molecule has 0 radical (unpaired) electrons. The lowest BCUT2D eigenvalue weighted by molar-refractivity contribution is 0.193. The Morgan fingerprint density at radius 1 is 1.32 bits per heavy atom. The number of amides is 2. The number of carbonyl (C=O) groups excluding carboxylic acids is 1. The fourth-order valence-electron chi connectivity index (χ4n) is 1.89. The van der Waals surface area contributed by atoms with E-state index in [0.717, 1.165) is 23.0 Å². The van der Waals surface area contributed by atoms with Crippen molar-refractivity contribution in [2.24, 2.45) is 0 Å². The summed E-state index contributed by atoms with van der Waals surface area (Å²) in [5.41, 5.74) is 2.08. The fourth-order valence-corrected chi connectivity index (χ4v) is 1.89. The van der Waals surface area contributed by atoms with Gasteiger partial charge in [0.1, 0.15) is 0 Å². The summed E-state index contributed by atoms with van der Waals surface area (Å²) in [6.07, 6.45) is 0.816. The SMILES string of the molecule is COCCCNC(=O)NCc1cc2ccccc2[nH]1. The van der Waals surface area contributed by atoms with Crippen molar-refractivity contribution in [1.29, 1.82) is 0 Å². The minimum Gasteiger partial charge on any atom is -0.385 e. The summed E-state index contributed by atoms with van der Waals surface area (Å²) >= 11 is 0. The van der Waals surface area contributed by atoms with Crippen LogP contribution in [0.1, 0.15) is 12.1 Å². The summed E-state index contributed by atoms with van der Waals surface area (Å²) in [6, 6.07) is 9.92. The molecule has 2 rings (SSSR count). The third-order valence-corrected chi connectivity index (χ3v) is 2.84. The van der Waals surface area contributed by atoms with Gasteiger partial charge in [-0.1, -0.05) is 18.2 Å². The van der Waals surface area contributed by atoms with Gasteiger partial charge in [-0.05, 0) is 23.9 Å². The Bertz CT molecular complexity index is 503. The smallest absolute Gasteiger partial charge is 0.315 e. The number of carbonyl (C=O) groups is 1. The Hall–Kier alpha value is -2.01. The highest BCUT2D eigenvalue weighted by Gasteiger charge is 2.02. The predicted molar refractivity (Wildman–Crippen MR) is 75.0 cm³/mol. The number of ether oxygens (including phenoxy) is 1. The van der Waals surface area contributed by atoms with Crippen LogP contribution in [-0.4, -0.2) is 31.3 Å². The molecule has 3 N–H and O–H groups in total.